The third kappa shape index (κ3) is 4.38. The first-order chi connectivity index (χ1) is 11.6. The van der Waals surface area contributed by atoms with Gasteiger partial charge >= 0.3 is 0 Å². The van der Waals surface area contributed by atoms with Crippen molar-refractivity contribution in [2.75, 3.05) is 26.7 Å². The Morgan fingerprint density at radius 2 is 1.92 bits per heavy atom. The highest BCUT2D eigenvalue weighted by Crippen LogP contribution is 2.27. The molecule has 2 heterocycles. The van der Waals surface area contributed by atoms with E-state index in [1.54, 1.807) is 0 Å². The summed E-state index contributed by atoms with van der Waals surface area (Å²) in [6, 6.07) is 0.790. The fourth-order valence-corrected chi connectivity index (χ4v) is 4.28. The second-order valence-electron chi connectivity index (χ2n) is 7.63. The molecule has 0 radical (unpaired) electrons. The number of likely N-dealkylation sites (N-methyl/N-ethyl adjacent to an activating group) is 1. The maximum absolute atomic E-state index is 12.7. The van der Waals surface area contributed by atoms with E-state index in [9.17, 15) is 4.79 Å². The van der Waals surface area contributed by atoms with Gasteiger partial charge in [-0.25, -0.2) is 0 Å². The lowest BCUT2D eigenvalue weighted by molar-refractivity contribution is -0.136. The van der Waals surface area contributed by atoms with E-state index in [-0.39, 0.29) is 5.92 Å². The summed E-state index contributed by atoms with van der Waals surface area (Å²) in [5.74, 6) is 0.561. The lowest BCUT2D eigenvalue weighted by Gasteiger charge is -2.39. The summed E-state index contributed by atoms with van der Waals surface area (Å²) in [4.78, 5) is 17.3. The van der Waals surface area contributed by atoms with Gasteiger partial charge in [-0.3, -0.25) is 9.48 Å². The molecule has 3 rings (SSSR count). The number of hydrogen-bond acceptors (Lipinski definition) is 3. The lowest BCUT2D eigenvalue weighted by atomic mass is 9.89. The van der Waals surface area contributed by atoms with Gasteiger partial charge in [0.15, 0.2) is 0 Å². The topological polar surface area (TPSA) is 41.4 Å². The van der Waals surface area contributed by atoms with Gasteiger partial charge in [0.25, 0.3) is 0 Å². The van der Waals surface area contributed by atoms with E-state index in [2.05, 4.69) is 10.00 Å². The molecule has 0 unspecified atom stereocenters. The van der Waals surface area contributed by atoms with Gasteiger partial charge in [0.2, 0.25) is 5.91 Å². The number of aryl methyl sites for hydroxylation is 1. The Kier molecular flexibility index (Phi) is 5.93. The number of hydrogen-bond donors (Lipinski definition) is 0. The zero-order valence-corrected chi connectivity index (χ0v) is 15.3. The van der Waals surface area contributed by atoms with E-state index in [1.807, 2.05) is 36.1 Å². The number of amides is 1. The average Bonchev–Trinajstić information content (AvgIpc) is 3.05. The summed E-state index contributed by atoms with van der Waals surface area (Å²) in [6.45, 7) is 3.00. The van der Waals surface area contributed by atoms with Crippen LogP contribution in [0.1, 0.15) is 50.5 Å². The van der Waals surface area contributed by atoms with Gasteiger partial charge in [0.1, 0.15) is 0 Å². The molecule has 1 amide bonds. The van der Waals surface area contributed by atoms with Gasteiger partial charge in [0, 0.05) is 38.8 Å². The Morgan fingerprint density at radius 1 is 1.21 bits per heavy atom. The zero-order valence-electron chi connectivity index (χ0n) is 15.3. The van der Waals surface area contributed by atoms with Crippen molar-refractivity contribution in [3.63, 3.8) is 0 Å². The number of nitrogens with zero attached hydrogens (tertiary/aromatic N) is 4. The molecule has 0 aromatic carbocycles. The number of aromatic nitrogens is 2. The quantitative estimate of drug-likeness (QED) is 0.832. The normalized spacial score (nSPS) is 21.1. The number of carbonyl (C=O) groups excluding carboxylic acids is 1. The van der Waals surface area contributed by atoms with Crippen LogP contribution in [0.3, 0.4) is 0 Å². The average molecular weight is 332 g/mol. The van der Waals surface area contributed by atoms with Crippen molar-refractivity contribution in [3.05, 3.63) is 18.0 Å². The largest absolute Gasteiger partial charge is 0.345 e. The maximum atomic E-state index is 12.7. The van der Waals surface area contributed by atoms with Gasteiger partial charge in [-0.1, -0.05) is 19.3 Å². The predicted molar refractivity (Wildman–Crippen MR) is 95.7 cm³/mol. The van der Waals surface area contributed by atoms with Crippen molar-refractivity contribution in [1.29, 1.82) is 0 Å². The number of piperidine rings is 1. The fraction of sp³-hybridized carbons (Fsp3) is 0.789. The minimum Gasteiger partial charge on any atom is -0.345 e. The van der Waals surface area contributed by atoms with Crippen LogP contribution in [0.15, 0.2) is 12.4 Å². The van der Waals surface area contributed by atoms with Crippen molar-refractivity contribution in [2.45, 2.75) is 57.4 Å². The molecule has 5 nitrogen and oxygen atoms in total. The summed E-state index contributed by atoms with van der Waals surface area (Å²) in [6.07, 6.45) is 13.8. The zero-order chi connectivity index (χ0) is 16.9. The molecule has 0 atom stereocenters. The van der Waals surface area contributed by atoms with Crippen LogP contribution >= 0.6 is 0 Å². The molecule has 1 aliphatic heterocycles. The van der Waals surface area contributed by atoms with E-state index >= 15 is 0 Å². The smallest absolute Gasteiger partial charge is 0.225 e. The molecule has 0 spiro atoms. The van der Waals surface area contributed by atoms with Gasteiger partial charge < -0.3 is 9.80 Å². The van der Waals surface area contributed by atoms with Crippen molar-refractivity contribution < 1.29 is 4.79 Å². The number of likely N-dealkylation sites (tertiary alicyclic amines) is 1. The monoisotopic (exact) mass is 332 g/mol. The molecule has 1 aromatic rings. The van der Waals surface area contributed by atoms with Crippen LogP contribution in [0.5, 0.6) is 0 Å². The number of rotatable bonds is 5. The molecule has 1 saturated heterocycles. The molecular weight excluding hydrogens is 300 g/mol. The Balaban J connectivity index is 1.42. The van der Waals surface area contributed by atoms with E-state index < -0.39 is 0 Å². The van der Waals surface area contributed by atoms with Crippen LogP contribution in [-0.4, -0.2) is 58.2 Å². The van der Waals surface area contributed by atoms with Crippen LogP contribution < -0.4 is 0 Å². The second kappa shape index (κ2) is 8.15. The molecule has 2 aliphatic rings. The minimum absolute atomic E-state index is 0.226. The summed E-state index contributed by atoms with van der Waals surface area (Å²) < 4.78 is 1.82. The Morgan fingerprint density at radius 3 is 2.54 bits per heavy atom. The summed E-state index contributed by atoms with van der Waals surface area (Å²) in [5.41, 5.74) is 1.20. The predicted octanol–water partition coefficient (Wildman–Crippen LogP) is 2.47. The van der Waals surface area contributed by atoms with E-state index in [0.29, 0.717) is 5.91 Å². The van der Waals surface area contributed by atoms with E-state index in [4.69, 9.17) is 0 Å². The van der Waals surface area contributed by atoms with Gasteiger partial charge in [-0.05, 0) is 50.8 Å². The molecular formula is C19H32N4O. The van der Waals surface area contributed by atoms with Crippen LogP contribution in [0.2, 0.25) is 0 Å². The third-order valence-corrected chi connectivity index (χ3v) is 5.84. The van der Waals surface area contributed by atoms with Crippen LogP contribution in [0.25, 0.3) is 0 Å². The Labute approximate surface area is 146 Å². The van der Waals surface area contributed by atoms with Crippen molar-refractivity contribution in [3.8, 4) is 0 Å². The fourth-order valence-electron chi connectivity index (χ4n) is 4.28. The van der Waals surface area contributed by atoms with Gasteiger partial charge in [0.05, 0.1) is 6.20 Å². The molecule has 134 valence electrons. The molecule has 0 bridgehead atoms. The SMILES string of the molecule is CN(CCc1cnn(C)c1)C(=O)C1CCN(C2CCCCC2)CC1. The van der Waals surface area contributed by atoms with Gasteiger partial charge in [-0.15, -0.1) is 0 Å². The second-order valence-corrected chi connectivity index (χ2v) is 7.63. The molecule has 1 aromatic heterocycles. The first-order valence-corrected chi connectivity index (χ1v) is 9.60. The molecule has 5 heteroatoms. The highest BCUT2D eigenvalue weighted by Gasteiger charge is 2.30. The van der Waals surface area contributed by atoms with E-state index in [0.717, 1.165) is 44.9 Å². The lowest BCUT2D eigenvalue weighted by Crippen LogP contribution is -2.46. The van der Waals surface area contributed by atoms with Crippen molar-refractivity contribution in [1.82, 2.24) is 19.6 Å². The molecule has 24 heavy (non-hydrogen) atoms. The molecule has 1 saturated carbocycles. The molecule has 2 fully saturated rings. The van der Waals surface area contributed by atoms with Gasteiger partial charge in [-0.2, -0.15) is 5.10 Å². The first-order valence-electron chi connectivity index (χ1n) is 9.60. The Bertz CT molecular complexity index is 527. The first kappa shape index (κ1) is 17.5. The number of carbonyl (C=O) groups is 1. The molecule has 1 aliphatic carbocycles. The van der Waals surface area contributed by atoms with Crippen LogP contribution in [0, 0.1) is 5.92 Å². The minimum atomic E-state index is 0.226. The maximum Gasteiger partial charge on any atom is 0.225 e. The summed E-state index contributed by atoms with van der Waals surface area (Å²) in [5, 5.41) is 4.19. The summed E-state index contributed by atoms with van der Waals surface area (Å²) >= 11 is 0. The van der Waals surface area contributed by atoms with E-state index in [1.165, 1.54) is 37.7 Å². The standard InChI is InChI=1S/C19H32N4O/c1-21(11-8-16-14-20-22(2)15-16)19(24)17-9-12-23(13-10-17)18-6-4-3-5-7-18/h14-15,17-18H,3-13H2,1-2H3. The summed E-state index contributed by atoms with van der Waals surface area (Å²) in [7, 11) is 3.88. The Hall–Kier alpha value is -1.36. The molecule has 0 N–H and O–H groups in total. The highest BCUT2D eigenvalue weighted by molar-refractivity contribution is 5.78. The van der Waals surface area contributed by atoms with Crippen molar-refractivity contribution >= 4 is 5.91 Å². The van der Waals surface area contributed by atoms with Crippen LogP contribution in [-0.2, 0) is 18.3 Å². The van der Waals surface area contributed by atoms with Crippen molar-refractivity contribution in [2.24, 2.45) is 13.0 Å². The van der Waals surface area contributed by atoms with Crippen LogP contribution in [0.4, 0.5) is 0 Å². The third-order valence-electron chi connectivity index (χ3n) is 5.84. The highest BCUT2D eigenvalue weighted by atomic mass is 16.2.